The van der Waals surface area contributed by atoms with E-state index in [4.69, 9.17) is 0 Å². The van der Waals surface area contributed by atoms with Crippen LogP contribution in [-0.2, 0) is 6.42 Å². The third kappa shape index (κ3) is 4.47. The van der Waals surface area contributed by atoms with Crippen LogP contribution < -0.4 is 0 Å². The number of thiophene rings is 1. The van der Waals surface area contributed by atoms with Crippen molar-refractivity contribution in [3.63, 3.8) is 0 Å². The Morgan fingerprint density at radius 1 is 1.46 bits per heavy atom. The Balaban J connectivity index is 2.02. The van der Waals surface area contributed by atoms with Gasteiger partial charge in [0.2, 0.25) is 0 Å². The highest BCUT2D eigenvalue weighted by Gasteiger charge is 1.99. The average Bonchev–Trinajstić information content (AvgIpc) is 2.64. The van der Waals surface area contributed by atoms with E-state index in [-0.39, 0.29) is 0 Å². The van der Waals surface area contributed by atoms with E-state index in [1.54, 1.807) is 0 Å². The van der Waals surface area contributed by atoms with Crippen molar-refractivity contribution in [2.45, 2.75) is 46.0 Å². The van der Waals surface area contributed by atoms with E-state index in [1.807, 2.05) is 17.4 Å². The normalized spacial score (nSPS) is 13.1. The summed E-state index contributed by atoms with van der Waals surface area (Å²) in [4.78, 5) is 1.42. The van der Waals surface area contributed by atoms with Crippen molar-refractivity contribution >= 4 is 11.3 Å². The highest BCUT2D eigenvalue weighted by molar-refractivity contribution is 7.09. The molecule has 0 amide bonds. The largest absolute Gasteiger partial charge is 0.148 e. The summed E-state index contributed by atoms with van der Waals surface area (Å²) in [6.45, 7) is 4.62. The van der Waals surface area contributed by atoms with Gasteiger partial charge in [-0.15, -0.1) is 11.3 Å². The van der Waals surface area contributed by atoms with Crippen molar-refractivity contribution in [3.8, 4) is 0 Å². The smallest absolute Gasteiger partial charge is 0.0124 e. The summed E-state index contributed by atoms with van der Waals surface area (Å²) in [6.07, 6.45) is 6.66. The van der Waals surface area contributed by atoms with E-state index in [0.717, 1.165) is 5.92 Å². The molecule has 0 N–H and O–H groups in total. The van der Waals surface area contributed by atoms with Crippen LogP contribution in [0.15, 0.2) is 11.4 Å². The van der Waals surface area contributed by atoms with E-state index >= 15 is 0 Å². The average molecular weight is 195 g/mol. The third-order valence-electron chi connectivity index (χ3n) is 2.57. The third-order valence-corrected chi connectivity index (χ3v) is 3.45. The lowest BCUT2D eigenvalue weighted by atomic mass is 10.0. The fraction of sp³-hybridized carbons (Fsp3) is 0.667. The molecule has 1 aromatic rings. The van der Waals surface area contributed by atoms with Crippen LogP contribution in [0.2, 0.25) is 0 Å². The summed E-state index contributed by atoms with van der Waals surface area (Å²) in [6, 6.07) is 5.28. The molecule has 0 aliphatic heterocycles. The summed E-state index contributed by atoms with van der Waals surface area (Å²) in [5.41, 5.74) is 0. The lowest BCUT2D eigenvalue weighted by Crippen LogP contribution is -1.92. The van der Waals surface area contributed by atoms with Crippen LogP contribution >= 0.6 is 11.3 Å². The second kappa shape index (κ2) is 6.20. The maximum atomic E-state index is 3.26. The van der Waals surface area contributed by atoms with Gasteiger partial charge in [0.15, 0.2) is 0 Å². The minimum atomic E-state index is 0.910. The summed E-state index contributed by atoms with van der Waals surface area (Å²) < 4.78 is 0. The molecular weight excluding hydrogens is 176 g/mol. The van der Waals surface area contributed by atoms with Gasteiger partial charge in [-0.05, 0) is 36.3 Å². The molecule has 0 aromatic carbocycles. The Morgan fingerprint density at radius 3 is 2.92 bits per heavy atom. The van der Waals surface area contributed by atoms with Crippen molar-refractivity contribution < 1.29 is 0 Å². The van der Waals surface area contributed by atoms with E-state index in [1.165, 1.54) is 37.0 Å². The first-order valence-corrected chi connectivity index (χ1v) is 6.15. The van der Waals surface area contributed by atoms with Crippen LogP contribution in [0.25, 0.3) is 0 Å². The topological polar surface area (TPSA) is 0 Å². The van der Waals surface area contributed by atoms with Crippen molar-refractivity contribution in [1.29, 1.82) is 0 Å². The molecule has 0 bridgehead atoms. The van der Waals surface area contributed by atoms with Crippen LogP contribution in [0.1, 0.15) is 44.4 Å². The van der Waals surface area contributed by atoms with Crippen LogP contribution in [-0.4, -0.2) is 0 Å². The molecule has 1 heterocycles. The molecule has 0 saturated carbocycles. The SMILES string of the molecule is CCC(C)CCCCc1[c]ccs1. The Bertz CT molecular complexity index is 201. The molecule has 0 aliphatic rings. The number of aryl methyl sites for hydroxylation is 1. The van der Waals surface area contributed by atoms with E-state index in [9.17, 15) is 0 Å². The number of rotatable bonds is 6. The lowest BCUT2D eigenvalue weighted by molar-refractivity contribution is 0.485. The predicted octanol–water partition coefficient (Wildman–Crippen LogP) is 4.31. The van der Waals surface area contributed by atoms with Crippen molar-refractivity contribution in [1.82, 2.24) is 0 Å². The van der Waals surface area contributed by atoms with Crippen molar-refractivity contribution in [2.24, 2.45) is 5.92 Å². The molecule has 0 nitrogen and oxygen atoms in total. The Kier molecular flexibility index (Phi) is 5.14. The molecule has 1 unspecified atom stereocenters. The van der Waals surface area contributed by atoms with E-state index < -0.39 is 0 Å². The van der Waals surface area contributed by atoms with Crippen LogP contribution in [0.4, 0.5) is 0 Å². The maximum absolute atomic E-state index is 3.26. The molecule has 1 radical (unpaired) electrons. The molecule has 73 valence electrons. The lowest BCUT2D eigenvalue weighted by Gasteiger charge is -2.06. The zero-order valence-corrected chi connectivity index (χ0v) is 9.49. The molecule has 1 aromatic heterocycles. The van der Waals surface area contributed by atoms with Gasteiger partial charge in [0, 0.05) is 4.88 Å². The molecule has 0 saturated heterocycles. The first-order chi connectivity index (χ1) is 6.33. The van der Waals surface area contributed by atoms with Crippen LogP contribution in [0.3, 0.4) is 0 Å². The molecular formula is C12H19S. The van der Waals surface area contributed by atoms with Crippen LogP contribution in [0, 0.1) is 12.0 Å². The van der Waals surface area contributed by atoms with Gasteiger partial charge in [-0.1, -0.05) is 33.1 Å². The van der Waals surface area contributed by atoms with Crippen LogP contribution in [0.5, 0.6) is 0 Å². The number of hydrogen-bond donors (Lipinski definition) is 0. The summed E-state index contributed by atoms with van der Waals surface area (Å²) in [5.74, 6) is 0.910. The molecule has 1 heteroatoms. The van der Waals surface area contributed by atoms with Gasteiger partial charge in [0.1, 0.15) is 0 Å². The monoisotopic (exact) mass is 195 g/mol. The van der Waals surface area contributed by atoms with Gasteiger partial charge in [-0.3, -0.25) is 0 Å². The van der Waals surface area contributed by atoms with Crippen molar-refractivity contribution in [2.75, 3.05) is 0 Å². The molecule has 13 heavy (non-hydrogen) atoms. The van der Waals surface area contributed by atoms with Gasteiger partial charge in [-0.2, -0.15) is 0 Å². The van der Waals surface area contributed by atoms with Crippen molar-refractivity contribution in [3.05, 3.63) is 22.4 Å². The molecule has 1 atom stereocenters. The Morgan fingerprint density at radius 2 is 2.31 bits per heavy atom. The second-order valence-corrected chi connectivity index (χ2v) is 4.75. The fourth-order valence-electron chi connectivity index (χ4n) is 1.39. The quantitative estimate of drug-likeness (QED) is 0.593. The highest BCUT2D eigenvalue weighted by atomic mass is 32.1. The summed E-state index contributed by atoms with van der Waals surface area (Å²) >= 11 is 1.83. The zero-order valence-electron chi connectivity index (χ0n) is 8.68. The zero-order chi connectivity index (χ0) is 9.52. The number of unbranched alkanes of at least 4 members (excludes halogenated alkanes) is 1. The maximum Gasteiger partial charge on any atom is 0.0124 e. The highest BCUT2D eigenvalue weighted by Crippen LogP contribution is 2.15. The second-order valence-electron chi connectivity index (χ2n) is 3.75. The summed E-state index contributed by atoms with van der Waals surface area (Å²) in [7, 11) is 0. The Labute approximate surface area is 86.0 Å². The number of hydrogen-bond acceptors (Lipinski definition) is 1. The molecule has 0 spiro atoms. The van der Waals surface area contributed by atoms with E-state index in [2.05, 4.69) is 25.3 Å². The van der Waals surface area contributed by atoms with E-state index in [0.29, 0.717) is 0 Å². The Hall–Kier alpha value is -0.300. The standard InChI is InChI=1S/C12H19S/c1-3-11(2)7-4-5-8-12-9-6-10-13-12/h6,10-11H,3-5,7-8H2,1-2H3. The minimum Gasteiger partial charge on any atom is -0.148 e. The van der Waals surface area contributed by atoms with Gasteiger partial charge in [0.25, 0.3) is 0 Å². The first-order valence-electron chi connectivity index (χ1n) is 5.27. The predicted molar refractivity (Wildman–Crippen MR) is 60.2 cm³/mol. The van der Waals surface area contributed by atoms with Gasteiger partial charge in [-0.25, -0.2) is 0 Å². The summed E-state index contributed by atoms with van der Waals surface area (Å²) in [5, 5.41) is 2.12. The molecule has 0 fully saturated rings. The van der Waals surface area contributed by atoms with Gasteiger partial charge >= 0.3 is 0 Å². The minimum absolute atomic E-state index is 0.910. The van der Waals surface area contributed by atoms with Gasteiger partial charge < -0.3 is 0 Å². The van der Waals surface area contributed by atoms with Gasteiger partial charge in [0.05, 0.1) is 0 Å². The molecule has 0 aliphatic carbocycles. The fourth-order valence-corrected chi connectivity index (χ4v) is 2.09. The first kappa shape index (κ1) is 10.8. The molecule has 1 rings (SSSR count).